The summed E-state index contributed by atoms with van der Waals surface area (Å²) in [6, 6.07) is 12.9. The van der Waals surface area contributed by atoms with Crippen LogP contribution in [0.3, 0.4) is 0 Å². The molecule has 2 aromatic carbocycles. The zero-order valence-electron chi connectivity index (χ0n) is 13.0. The van der Waals surface area contributed by atoms with Crippen molar-refractivity contribution in [2.75, 3.05) is 11.1 Å². The maximum atomic E-state index is 6.44. The molecular weight excluding hydrogens is 381 g/mol. The summed E-state index contributed by atoms with van der Waals surface area (Å²) >= 11 is 19.3. The van der Waals surface area contributed by atoms with Crippen LogP contribution in [-0.2, 0) is 0 Å². The number of nitrogens with zero attached hydrogens (tertiary/aromatic N) is 3. The summed E-state index contributed by atoms with van der Waals surface area (Å²) in [7, 11) is 0. The van der Waals surface area contributed by atoms with Gasteiger partial charge in [0.1, 0.15) is 0 Å². The lowest BCUT2D eigenvalue weighted by Gasteiger charge is -2.32. The van der Waals surface area contributed by atoms with Crippen LogP contribution in [0.4, 0.5) is 11.9 Å². The number of anilines is 2. The fourth-order valence-electron chi connectivity index (χ4n) is 3.23. The highest BCUT2D eigenvalue weighted by atomic mass is 35.5. The van der Waals surface area contributed by atoms with E-state index in [0.29, 0.717) is 27.4 Å². The minimum absolute atomic E-state index is 0.0675. The van der Waals surface area contributed by atoms with Gasteiger partial charge in [0.25, 0.3) is 0 Å². The Labute approximate surface area is 159 Å². The van der Waals surface area contributed by atoms with Gasteiger partial charge in [0, 0.05) is 20.6 Å². The third kappa shape index (κ3) is 2.92. The summed E-state index contributed by atoms with van der Waals surface area (Å²) in [6.45, 7) is 0. The molecule has 8 heteroatoms. The molecule has 0 saturated carbocycles. The van der Waals surface area contributed by atoms with Gasteiger partial charge in [0.2, 0.25) is 11.9 Å². The minimum atomic E-state index is -0.205. The van der Waals surface area contributed by atoms with Crippen LogP contribution in [0, 0.1) is 0 Å². The van der Waals surface area contributed by atoms with Crippen LogP contribution < -0.4 is 11.1 Å². The summed E-state index contributed by atoms with van der Waals surface area (Å²) in [5, 5.41) is 9.51. The van der Waals surface area contributed by atoms with Crippen molar-refractivity contribution in [1.29, 1.82) is 0 Å². The normalized spacial score (nSPS) is 19.3. The second kappa shape index (κ2) is 6.41. The van der Waals surface area contributed by atoms with E-state index in [-0.39, 0.29) is 18.0 Å². The van der Waals surface area contributed by atoms with Crippen LogP contribution in [0.1, 0.15) is 29.6 Å². The molecule has 1 aliphatic rings. The van der Waals surface area contributed by atoms with Crippen molar-refractivity contribution in [3.8, 4) is 0 Å². The standard InChI is InChI=1S/C17H14Cl3N5/c18-10-5-2-1-4-9(10)13-8-14(15-11(19)6-3-7-12(15)20)25-17(22-13)23-16(21)24-25/h1-7,13-14H,8H2,(H3,21,22,23,24)/t13-,14-/m0/s1. The first kappa shape index (κ1) is 16.5. The van der Waals surface area contributed by atoms with Crippen LogP contribution in [-0.4, -0.2) is 14.8 Å². The Kier molecular flexibility index (Phi) is 4.23. The smallest absolute Gasteiger partial charge is 0.241 e. The lowest BCUT2D eigenvalue weighted by molar-refractivity contribution is 0.432. The van der Waals surface area contributed by atoms with Gasteiger partial charge >= 0.3 is 0 Å². The largest absolute Gasteiger partial charge is 0.366 e. The van der Waals surface area contributed by atoms with E-state index in [4.69, 9.17) is 40.5 Å². The van der Waals surface area contributed by atoms with Gasteiger partial charge in [-0.3, -0.25) is 0 Å². The van der Waals surface area contributed by atoms with Gasteiger partial charge in [0.15, 0.2) is 0 Å². The number of rotatable bonds is 2. The molecule has 0 bridgehead atoms. The highest BCUT2D eigenvalue weighted by molar-refractivity contribution is 6.36. The van der Waals surface area contributed by atoms with Crippen molar-refractivity contribution < 1.29 is 0 Å². The number of nitrogens with two attached hydrogens (primary N) is 1. The monoisotopic (exact) mass is 393 g/mol. The average molecular weight is 395 g/mol. The zero-order chi connectivity index (χ0) is 17.6. The van der Waals surface area contributed by atoms with Crippen molar-refractivity contribution in [2.24, 2.45) is 0 Å². The Morgan fingerprint density at radius 2 is 1.68 bits per heavy atom. The number of fused-ring (bicyclic) bond motifs is 1. The molecule has 1 aromatic heterocycles. The number of hydrogen-bond donors (Lipinski definition) is 2. The molecule has 0 radical (unpaired) electrons. The molecule has 4 rings (SSSR count). The summed E-state index contributed by atoms with van der Waals surface area (Å²) in [5.41, 5.74) is 7.59. The molecule has 0 amide bonds. The van der Waals surface area contributed by atoms with Crippen LogP contribution in [0.2, 0.25) is 15.1 Å². The summed E-state index contributed by atoms with van der Waals surface area (Å²) in [6.07, 6.45) is 0.656. The summed E-state index contributed by atoms with van der Waals surface area (Å²) < 4.78 is 1.73. The first-order valence-electron chi connectivity index (χ1n) is 7.71. The summed E-state index contributed by atoms with van der Waals surface area (Å²) in [4.78, 5) is 4.28. The fraction of sp³-hybridized carbons (Fsp3) is 0.176. The number of nitrogen functional groups attached to an aromatic ring is 1. The average Bonchev–Trinajstić information content (AvgIpc) is 2.95. The molecule has 0 unspecified atom stereocenters. The van der Waals surface area contributed by atoms with Gasteiger partial charge in [-0.2, -0.15) is 4.98 Å². The number of aromatic nitrogens is 3. The van der Waals surface area contributed by atoms with Crippen molar-refractivity contribution in [3.63, 3.8) is 0 Å². The first-order chi connectivity index (χ1) is 12.0. The Bertz CT molecular complexity index is 920. The lowest BCUT2D eigenvalue weighted by atomic mass is 9.93. The van der Waals surface area contributed by atoms with Crippen LogP contribution in [0.25, 0.3) is 0 Å². The van der Waals surface area contributed by atoms with Gasteiger partial charge in [-0.15, -0.1) is 5.10 Å². The number of nitrogens with one attached hydrogen (secondary N) is 1. The van der Waals surface area contributed by atoms with Gasteiger partial charge < -0.3 is 11.1 Å². The van der Waals surface area contributed by atoms with E-state index in [0.717, 1.165) is 11.1 Å². The zero-order valence-corrected chi connectivity index (χ0v) is 15.2. The molecule has 0 fully saturated rings. The van der Waals surface area contributed by atoms with E-state index in [1.165, 1.54) is 0 Å². The molecule has 3 aromatic rings. The number of hydrogen-bond acceptors (Lipinski definition) is 4. The van der Waals surface area contributed by atoms with Crippen LogP contribution >= 0.6 is 34.8 Å². The maximum absolute atomic E-state index is 6.44. The highest BCUT2D eigenvalue weighted by Gasteiger charge is 2.33. The van der Waals surface area contributed by atoms with Gasteiger partial charge in [-0.1, -0.05) is 59.1 Å². The molecule has 0 spiro atoms. The number of halogens is 3. The highest BCUT2D eigenvalue weighted by Crippen LogP contribution is 2.43. The van der Waals surface area contributed by atoms with Crippen LogP contribution in [0.15, 0.2) is 42.5 Å². The first-order valence-corrected chi connectivity index (χ1v) is 8.85. The van der Waals surface area contributed by atoms with E-state index >= 15 is 0 Å². The molecule has 2 heterocycles. The quantitative estimate of drug-likeness (QED) is 0.644. The Morgan fingerprint density at radius 1 is 1.00 bits per heavy atom. The van der Waals surface area contributed by atoms with E-state index in [9.17, 15) is 0 Å². The predicted octanol–water partition coefficient (Wildman–Crippen LogP) is 4.97. The molecule has 5 nitrogen and oxygen atoms in total. The molecule has 1 aliphatic heterocycles. The third-order valence-corrected chi connectivity index (χ3v) is 5.32. The molecule has 0 saturated heterocycles. The molecule has 3 N–H and O–H groups in total. The SMILES string of the molecule is Nc1nc2n(n1)[C@H](c1c(Cl)cccc1Cl)C[C@@H](c1ccccc1Cl)N2. The molecule has 2 atom stereocenters. The molecule has 128 valence electrons. The molecule has 25 heavy (non-hydrogen) atoms. The maximum Gasteiger partial charge on any atom is 0.241 e. The summed E-state index contributed by atoms with van der Waals surface area (Å²) in [5.74, 6) is 0.755. The molecule has 0 aliphatic carbocycles. The molecular formula is C17H14Cl3N5. The van der Waals surface area contributed by atoms with Gasteiger partial charge in [-0.05, 0) is 30.2 Å². The topological polar surface area (TPSA) is 68.8 Å². The van der Waals surface area contributed by atoms with Gasteiger partial charge in [-0.25, -0.2) is 4.68 Å². The van der Waals surface area contributed by atoms with Crippen molar-refractivity contribution in [1.82, 2.24) is 14.8 Å². The second-order valence-corrected chi connectivity index (χ2v) is 7.07. The fourth-order valence-corrected chi connectivity index (χ4v) is 4.14. The number of benzene rings is 2. The Hall–Kier alpha value is -1.95. The van der Waals surface area contributed by atoms with E-state index in [1.807, 2.05) is 42.5 Å². The second-order valence-electron chi connectivity index (χ2n) is 5.84. The van der Waals surface area contributed by atoms with Crippen molar-refractivity contribution in [2.45, 2.75) is 18.5 Å². The van der Waals surface area contributed by atoms with E-state index < -0.39 is 0 Å². The Morgan fingerprint density at radius 3 is 2.40 bits per heavy atom. The van der Waals surface area contributed by atoms with E-state index in [2.05, 4.69) is 15.4 Å². The lowest BCUT2D eigenvalue weighted by Crippen LogP contribution is -2.28. The Balaban J connectivity index is 1.84. The van der Waals surface area contributed by atoms with Crippen LogP contribution in [0.5, 0.6) is 0 Å². The van der Waals surface area contributed by atoms with Gasteiger partial charge in [0.05, 0.1) is 12.1 Å². The van der Waals surface area contributed by atoms with E-state index in [1.54, 1.807) is 4.68 Å². The third-order valence-electron chi connectivity index (χ3n) is 4.32. The predicted molar refractivity (Wildman–Crippen MR) is 101 cm³/mol. The van der Waals surface area contributed by atoms with Crippen molar-refractivity contribution >= 4 is 46.7 Å². The van der Waals surface area contributed by atoms with Crippen molar-refractivity contribution in [3.05, 3.63) is 68.7 Å². The minimum Gasteiger partial charge on any atom is -0.366 e.